The molecule has 1 atom stereocenters. The molecule has 1 aromatic heterocycles. The van der Waals surface area contributed by atoms with Crippen LogP contribution < -0.4 is 14.8 Å². The zero-order valence-corrected chi connectivity index (χ0v) is 17.8. The summed E-state index contributed by atoms with van der Waals surface area (Å²) in [5, 5.41) is 5.30. The van der Waals surface area contributed by atoms with Crippen molar-refractivity contribution < 1.29 is 14.3 Å². The molecule has 1 fully saturated rings. The average molecular weight is 403 g/mol. The van der Waals surface area contributed by atoms with E-state index in [4.69, 9.17) is 9.47 Å². The van der Waals surface area contributed by atoms with Gasteiger partial charge in [0.2, 0.25) is 5.91 Å². The third-order valence-corrected chi connectivity index (χ3v) is 6.41. The molecule has 1 amide bonds. The van der Waals surface area contributed by atoms with Crippen LogP contribution in [-0.4, -0.2) is 44.7 Å². The summed E-state index contributed by atoms with van der Waals surface area (Å²) in [5.74, 6) is 1.74. The van der Waals surface area contributed by atoms with Crippen molar-refractivity contribution in [2.45, 2.75) is 32.2 Å². The van der Waals surface area contributed by atoms with Gasteiger partial charge in [-0.3, -0.25) is 4.79 Å². The Labute approximate surface area is 171 Å². The van der Waals surface area contributed by atoms with Crippen LogP contribution in [-0.2, 0) is 11.2 Å². The molecule has 0 spiro atoms. The second-order valence-corrected chi connectivity index (χ2v) is 8.32. The van der Waals surface area contributed by atoms with E-state index in [1.54, 1.807) is 14.2 Å². The number of hydrogen-bond donors (Lipinski definition) is 1. The summed E-state index contributed by atoms with van der Waals surface area (Å²) in [6, 6.07) is 9.84. The van der Waals surface area contributed by atoms with Crippen LogP contribution in [0.4, 0.5) is 0 Å². The van der Waals surface area contributed by atoms with Gasteiger partial charge >= 0.3 is 0 Å². The molecule has 3 rings (SSSR count). The number of methoxy groups -OCH3 is 2. The van der Waals surface area contributed by atoms with E-state index >= 15 is 0 Å². The van der Waals surface area contributed by atoms with Gasteiger partial charge < -0.3 is 19.7 Å². The smallest absolute Gasteiger partial charge is 0.223 e. The third kappa shape index (κ3) is 5.26. The maximum atomic E-state index is 12.8. The summed E-state index contributed by atoms with van der Waals surface area (Å²) in [6.07, 6.45) is 2.93. The first kappa shape index (κ1) is 20.7. The Hall–Kier alpha value is -2.05. The lowest BCUT2D eigenvalue weighted by atomic mass is 9.95. The summed E-state index contributed by atoms with van der Waals surface area (Å²) in [6.45, 7) is 5.04. The molecule has 1 aromatic carbocycles. The summed E-state index contributed by atoms with van der Waals surface area (Å²) in [7, 11) is 3.28. The van der Waals surface area contributed by atoms with E-state index in [0.29, 0.717) is 0 Å². The molecule has 0 saturated carbocycles. The van der Waals surface area contributed by atoms with Crippen LogP contribution >= 0.6 is 11.3 Å². The number of likely N-dealkylation sites (tertiary alicyclic amines) is 1. The molecule has 0 bridgehead atoms. The Morgan fingerprint density at radius 3 is 2.68 bits per heavy atom. The molecule has 1 saturated heterocycles. The van der Waals surface area contributed by atoms with E-state index in [0.717, 1.165) is 56.0 Å². The van der Waals surface area contributed by atoms with Gasteiger partial charge in [-0.2, -0.15) is 0 Å². The topological polar surface area (TPSA) is 50.8 Å². The second-order valence-electron chi connectivity index (χ2n) is 7.28. The molecule has 1 aliphatic heterocycles. The van der Waals surface area contributed by atoms with Crippen LogP contribution in [0.5, 0.6) is 11.5 Å². The van der Waals surface area contributed by atoms with E-state index in [9.17, 15) is 4.79 Å². The van der Waals surface area contributed by atoms with Crippen molar-refractivity contribution in [3.63, 3.8) is 0 Å². The number of amides is 1. The highest BCUT2D eigenvalue weighted by molar-refractivity contribution is 7.09. The highest BCUT2D eigenvalue weighted by Gasteiger charge is 2.26. The number of rotatable bonds is 8. The maximum absolute atomic E-state index is 12.8. The zero-order chi connectivity index (χ0) is 19.9. The van der Waals surface area contributed by atoms with Crippen LogP contribution in [0, 0.1) is 5.92 Å². The molecule has 6 heteroatoms. The number of nitrogens with one attached hydrogen (secondary N) is 1. The maximum Gasteiger partial charge on any atom is 0.223 e. The van der Waals surface area contributed by atoms with Crippen molar-refractivity contribution in [3.05, 3.63) is 46.2 Å². The van der Waals surface area contributed by atoms with Crippen molar-refractivity contribution in [2.24, 2.45) is 5.92 Å². The van der Waals surface area contributed by atoms with Crippen molar-refractivity contribution >= 4 is 17.2 Å². The molecule has 1 N–H and O–H groups in total. The predicted molar refractivity (Wildman–Crippen MR) is 113 cm³/mol. The molecule has 1 unspecified atom stereocenters. The van der Waals surface area contributed by atoms with Crippen LogP contribution in [0.15, 0.2) is 35.7 Å². The molecule has 0 aliphatic carbocycles. The highest BCUT2D eigenvalue weighted by atomic mass is 32.1. The molecular formula is C22H30N2O3S. The second kappa shape index (κ2) is 9.94. The van der Waals surface area contributed by atoms with Crippen LogP contribution in [0.1, 0.15) is 36.2 Å². The molecular weight excluding hydrogens is 372 g/mol. The number of carbonyl (C=O) groups excluding carboxylic acids is 1. The molecule has 152 valence electrons. The normalized spacial score (nSPS) is 16.5. The first-order valence-corrected chi connectivity index (χ1v) is 10.8. The quantitative estimate of drug-likeness (QED) is 0.728. The van der Waals surface area contributed by atoms with Crippen LogP contribution in [0.25, 0.3) is 0 Å². The summed E-state index contributed by atoms with van der Waals surface area (Å²) < 4.78 is 10.8. The number of nitrogens with zero attached hydrogens (tertiary/aromatic N) is 1. The number of hydrogen-bond acceptors (Lipinski definition) is 5. The standard InChI is InChI=1S/C22H30N2O3S/c1-16(20-15-18(26-2)6-7-21(20)27-3)23-22(25)17-8-11-24(12-9-17)13-10-19-5-4-14-28-19/h4-7,14-17H,8-13H2,1-3H3,(H,23,25). The van der Waals surface area contributed by atoms with Crippen molar-refractivity contribution in [2.75, 3.05) is 33.9 Å². The third-order valence-electron chi connectivity index (χ3n) is 5.48. The van der Waals surface area contributed by atoms with Crippen molar-refractivity contribution in [1.29, 1.82) is 0 Å². The molecule has 0 radical (unpaired) electrons. The predicted octanol–water partition coefficient (Wildman–Crippen LogP) is 3.90. The van der Waals surface area contributed by atoms with Gasteiger partial charge in [-0.05, 0) is 68.9 Å². The molecule has 2 heterocycles. The number of thiophene rings is 1. The van der Waals surface area contributed by atoms with E-state index < -0.39 is 0 Å². The van der Waals surface area contributed by atoms with Gasteiger partial charge in [0, 0.05) is 22.9 Å². The van der Waals surface area contributed by atoms with Gasteiger partial charge in [0.1, 0.15) is 11.5 Å². The van der Waals surface area contributed by atoms with E-state index in [2.05, 4.69) is 27.7 Å². The fourth-order valence-corrected chi connectivity index (χ4v) is 4.43. The van der Waals surface area contributed by atoms with Crippen LogP contribution in [0.3, 0.4) is 0 Å². The van der Waals surface area contributed by atoms with Gasteiger partial charge in [0.05, 0.1) is 20.3 Å². The van der Waals surface area contributed by atoms with E-state index in [1.807, 2.05) is 36.5 Å². The lowest BCUT2D eigenvalue weighted by molar-refractivity contribution is -0.127. The van der Waals surface area contributed by atoms with Gasteiger partial charge in [-0.15, -0.1) is 11.3 Å². The first-order valence-electron chi connectivity index (χ1n) is 9.87. The minimum atomic E-state index is -0.130. The Balaban J connectivity index is 1.50. The Morgan fingerprint density at radius 1 is 1.25 bits per heavy atom. The van der Waals surface area contributed by atoms with Gasteiger partial charge in [-0.25, -0.2) is 0 Å². The molecule has 1 aliphatic rings. The highest BCUT2D eigenvalue weighted by Crippen LogP contribution is 2.30. The van der Waals surface area contributed by atoms with Gasteiger partial charge in [0.15, 0.2) is 0 Å². The average Bonchev–Trinajstić information content (AvgIpc) is 3.25. The fraction of sp³-hybridized carbons (Fsp3) is 0.500. The minimum Gasteiger partial charge on any atom is -0.497 e. The number of ether oxygens (including phenoxy) is 2. The van der Waals surface area contributed by atoms with Gasteiger partial charge in [0.25, 0.3) is 0 Å². The monoisotopic (exact) mass is 402 g/mol. The minimum absolute atomic E-state index is 0.0806. The first-order chi connectivity index (χ1) is 13.6. The lowest BCUT2D eigenvalue weighted by Crippen LogP contribution is -2.41. The Kier molecular flexibility index (Phi) is 7.34. The SMILES string of the molecule is COc1ccc(OC)c(C(C)NC(=O)C2CCN(CCc3cccs3)CC2)c1. The largest absolute Gasteiger partial charge is 0.497 e. The molecule has 2 aromatic rings. The Morgan fingerprint density at radius 2 is 2.04 bits per heavy atom. The lowest BCUT2D eigenvalue weighted by Gasteiger charge is -2.32. The fourth-order valence-electron chi connectivity index (χ4n) is 3.73. The van der Waals surface area contributed by atoms with Gasteiger partial charge in [-0.1, -0.05) is 6.07 Å². The summed E-state index contributed by atoms with van der Waals surface area (Å²) in [5.41, 5.74) is 0.934. The van der Waals surface area contributed by atoms with E-state index in [-0.39, 0.29) is 17.9 Å². The number of benzene rings is 1. The van der Waals surface area contributed by atoms with Crippen molar-refractivity contribution in [3.8, 4) is 11.5 Å². The molecule has 28 heavy (non-hydrogen) atoms. The Bertz CT molecular complexity index is 755. The van der Waals surface area contributed by atoms with Crippen molar-refractivity contribution in [1.82, 2.24) is 10.2 Å². The number of carbonyl (C=O) groups is 1. The number of piperidine rings is 1. The van der Waals surface area contributed by atoms with Crippen LogP contribution in [0.2, 0.25) is 0 Å². The summed E-state index contributed by atoms with van der Waals surface area (Å²) >= 11 is 1.82. The van der Waals surface area contributed by atoms with E-state index in [1.165, 1.54) is 4.88 Å². The summed E-state index contributed by atoms with van der Waals surface area (Å²) in [4.78, 5) is 16.7. The molecule has 5 nitrogen and oxygen atoms in total. The zero-order valence-electron chi connectivity index (χ0n) is 16.9.